The maximum absolute atomic E-state index is 16.1. The van der Waals surface area contributed by atoms with Crippen molar-refractivity contribution >= 4 is 29.5 Å². The molecule has 2 atom stereocenters. The van der Waals surface area contributed by atoms with Crippen molar-refractivity contribution in [2.75, 3.05) is 6.61 Å². The molecule has 0 saturated carbocycles. The van der Waals surface area contributed by atoms with Crippen LogP contribution >= 0.6 is 23.5 Å². The number of alkyl halides is 2. The lowest BCUT2D eigenvalue weighted by molar-refractivity contribution is -0.200. The molecule has 4 aromatic rings. The van der Waals surface area contributed by atoms with Crippen LogP contribution in [0, 0.1) is 0 Å². The molecule has 0 fully saturated rings. The third-order valence-electron chi connectivity index (χ3n) is 6.24. The minimum Gasteiger partial charge on any atom is -0.459 e. The van der Waals surface area contributed by atoms with Crippen molar-refractivity contribution in [3.63, 3.8) is 0 Å². The molecule has 0 amide bonds. The van der Waals surface area contributed by atoms with Gasteiger partial charge >= 0.3 is 11.9 Å². The second-order valence-corrected chi connectivity index (χ2v) is 11.9. The SMILES string of the molecule is O=C(OC[C@@H](O)C(F)(F)[C@H](OCc1ccccc1)C(SCc1ccccc1)SCc1ccccc1)c1ccccc1. The predicted molar refractivity (Wildman–Crippen MR) is 162 cm³/mol. The van der Waals surface area contributed by atoms with E-state index >= 15 is 8.78 Å². The van der Waals surface area contributed by atoms with Crippen LogP contribution < -0.4 is 0 Å². The van der Waals surface area contributed by atoms with E-state index in [9.17, 15) is 9.90 Å². The third kappa shape index (κ3) is 9.43. The summed E-state index contributed by atoms with van der Waals surface area (Å²) in [5, 5.41) is 10.7. The highest BCUT2D eigenvalue weighted by molar-refractivity contribution is 8.16. The van der Waals surface area contributed by atoms with E-state index in [-0.39, 0.29) is 12.2 Å². The van der Waals surface area contributed by atoms with E-state index in [1.54, 1.807) is 30.3 Å². The number of esters is 1. The molecule has 4 nitrogen and oxygen atoms in total. The first-order valence-electron chi connectivity index (χ1n) is 13.2. The number of carbonyl (C=O) groups is 1. The lowest BCUT2D eigenvalue weighted by Gasteiger charge is -2.35. The summed E-state index contributed by atoms with van der Waals surface area (Å²) < 4.78 is 42.6. The van der Waals surface area contributed by atoms with Gasteiger partial charge in [-0.1, -0.05) is 109 Å². The molecule has 0 aliphatic rings. The smallest absolute Gasteiger partial charge is 0.338 e. The van der Waals surface area contributed by atoms with Gasteiger partial charge in [0, 0.05) is 11.5 Å². The summed E-state index contributed by atoms with van der Waals surface area (Å²) in [6, 6.07) is 36.4. The molecule has 0 spiro atoms. The fraction of sp³-hybridized carbons (Fsp3) is 0.242. The highest BCUT2D eigenvalue weighted by atomic mass is 32.2. The van der Waals surface area contributed by atoms with E-state index < -0.39 is 35.3 Å². The topological polar surface area (TPSA) is 55.8 Å². The normalized spacial score (nSPS) is 13.1. The molecule has 0 radical (unpaired) electrons. The molecule has 41 heavy (non-hydrogen) atoms. The van der Waals surface area contributed by atoms with Crippen LogP contribution in [0.1, 0.15) is 27.0 Å². The Hall–Kier alpha value is -3.17. The third-order valence-corrected chi connectivity index (χ3v) is 9.21. The van der Waals surface area contributed by atoms with Gasteiger partial charge < -0.3 is 14.6 Å². The van der Waals surface area contributed by atoms with Crippen LogP contribution in [0.15, 0.2) is 121 Å². The van der Waals surface area contributed by atoms with Crippen LogP contribution in [0.4, 0.5) is 8.78 Å². The highest BCUT2D eigenvalue weighted by Crippen LogP contribution is 2.41. The highest BCUT2D eigenvalue weighted by Gasteiger charge is 2.52. The number of aliphatic hydroxyl groups is 1. The van der Waals surface area contributed by atoms with Crippen LogP contribution in [0.2, 0.25) is 0 Å². The van der Waals surface area contributed by atoms with Gasteiger partial charge in [-0.25, -0.2) is 13.6 Å². The van der Waals surface area contributed by atoms with E-state index in [1.165, 1.54) is 35.7 Å². The number of halogens is 2. The molecule has 0 unspecified atom stereocenters. The first-order valence-corrected chi connectivity index (χ1v) is 15.3. The number of carbonyl (C=O) groups excluding carboxylic acids is 1. The molecule has 8 heteroatoms. The summed E-state index contributed by atoms with van der Waals surface area (Å²) >= 11 is 2.68. The fourth-order valence-electron chi connectivity index (χ4n) is 3.97. The van der Waals surface area contributed by atoms with Crippen molar-refractivity contribution in [2.24, 2.45) is 0 Å². The van der Waals surface area contributed by atoms with Gasteiger partial charge in [0.15, 0.2) is 6.10 Å². The predicted octanol–water partition coefficient (Wildman–Crippen LogP) is 7.62. The molecule has 4 aromatic carbocycles. The Morgan fingerprint density at radius 2 is 1.15 bits per heavy atom. The van der Waals surface area contributed by atoms with Crippen molar-refractivity contribution in [3.05, 3.63) is 144 Å². The molecule has 0 heterocycles. The fourth-order valence-corrected chi connectivity index (χ4v) is 6.73. The molecule has 1 N–H and O–H groups in total. The average molecular weight is 595 g/mol. The molecule has 0 bridgehead atoms. The van der Waals surface area contributed by atoms with Crippen molar-refractivity contribution in [3.8, 4) is 0 Å². The van der Waals surface area contributed by atoms with Crippen LogP contribution in [-0.4, -0.2) is 40.4 Å². The molecular formula is C33H32F2O4S2. The Balaban J connectivity index is 1.55. The van der Waals surface area contributed by atoms with E-state index in [0.717, 1.165) is 16.7 Å². The molecule has 0 aliphatic heterocycles. The van der Waals surface area contributed by atoms with Gasteiger partial charge in [0.25, 0.3) is 0 Å². The van der Waals surface area contributed by atoms with E-state index in [4.69, 9.17) is 9.47 Å². The van der Waals surface area contributed by atoms with Crippen LogP contribution in [0.25, 0.3) is 0 Å². The summed E-state index contributed by atoms with van der Waals surface area (Å²) in [7, 11) is 0. The Bertz CT molecular complexity index is 1270. The van der Waals surface area contributed by atoms with Crippen molar-refractivity contribution < 1.29 is 28.2 Å². The van der Waals surface area contributed by atoms with Gasteiger partial charge in [0.1, 0.15) is 12.7 Å². The van der Waals surface area contributed by atoms with Crippen LogP contribution in [0.5, 0.6) is 0 Å². The Morgan fingerprint density at radius 3 is 1.63 bits per heavy atom. The lowest BCUT2D eigenvalue weighted by atomic mass is 10.1. The lowest BCUT2D eigenvalue weighted by Crippen LogP contribution is -2.52. The number of ether oxygens (including phenoxy) is 2. The van der Waals surface area contributed by atoms with E-state index in [1.807, 2.05) is 78.9 Å². The molecule has 0 aromatic heterocycles. The molecule has 0 saturated heterocycles. The van der Waals surface area contributed by atoms with Gasteiger partial charge in [-0.05, 0) is 28.8 Å². The average Bonchev–Trinajstić information content (AvgIpc) is 3.02. The van der Waals surface area contributed by atoms with E-state index in [0.29, 0.717) is 11.5 Å². The number of aliphatic hydroxyl groups excluding tert-OH is 1. The number of benzene rings is 4. The Labute approximate surface area is 248 Å². The van der Waals surface area contributed by atoms with E-state index in [2.05, 4.69) is 0 Å². The van der Waals surface area contributed by atoms with Crippen molar-refractivity contribution in [1.29, 1.82) is 0 Å². The van der Waals surface area contributed by atoms with Crippen molar-refractivity contribution in [1.82, 2.24) is 0 Å². The second-order valence-electron chi connectivity index (χ2n) is 9.33. The van der Waals surface area contributed by atoms with Crippen LogP contribution in [-0.2, 0) is 27.6 Å². The van der Waals surface area contributed by atoms with Gasteiger partial charge in [-0.3, -0.25) is 0 Å². The first-order chi connectivity index (χ1) is 19.9. The summed E-state index contributed by atoms with van der Waals surface area (Å²) in [5.74, 6) is -3.55. The number of thioether (sulfide) groups is 2. The number of hydrogen-bond donors (Lipinski definition) is 1. The molecule has 4 rings (SSSR count). The maximum atomic E-state index is 16.1. The minimum absolute atomic E-state index is 0.0636. The number of rotatable bonds is 15. The van der Waals surface area contributed by atoms with Gasteiger partial charge in [0.2, 0.25) is 0 Å². The zero-order valence-corrected chi connectivity index (χ0v) is 24.0. The molecule has 214 valence electrons. The minimum atomic E-state index is -3.73. The van der Waals surface area contributed by atoms with Crippen LogP contribution in [0.3, 0.4) is 0 Å². The zero-order valence-electron chi connectivity index (χ0n) is 22.4. The summed E-state index contributed by atoms with van der Waals surface area (Å²) in [4.78, 5) is 12.4. The summed E-state index contributed by atoms with van der Waals surface area (Å²) in [6.07, 6.45) is -3.95. The first kappa shape index (κ1) is 30.8. The Morgan fingerprint density at radius 1 is 0.707 bits per heavy atom. The summed E-state index contributed by atoms with van der Waals surface area (Å²) in [6.45, 7) is -0.933. The molecular weight excluding hydrogens is 562 g/mol. The standard InChI is InChI=1S/C33H32F2O4S2/c34-33(35,29(36)22-39-31(37)28-19-11-4-12-20-28)30(38-21-25-13-5-1-6-14-25)32(40-23-26-15-7-2-8-16-26)41-24-27-17-9-3-10-18-27/h1-20,29-30,32,36H,21-24H2/t29-,30-/m1/s1. The van der Waals surface area contributed by atoms with Gasteiger partial charge in [-0.15, -0.1) is 23.5 Å². The maximum Gasteiger partial charge on any atom is 0.338 e. The zero-order chi connectivity index (χ0) is 28.9. The quantitative estimate of drug-likeness (QED) is 0.113. The van der Waals surface area contributed by atoms with Gasteiger partial charge in [0.05, 0.1) is 16.8 Å². The molecule has 0 aliphatic carbocycles. The monoisotopic (exact) mass is 594 g/mol. The second kappa shape index (κ2) is 15.7. The largest absolute Gasteiger partial charge is 0.459 e. The summed E-state index contributed by atoms with van der Waals surface area (Å²) in [5.41, 5.74) is 2.93. The number of hydrogen-bond acceptors (Lipinski definition) is 6. The Kier molecular flexibility index (Phi) is 11.8. The van der Waals surface area contributed by atoms with Crippen molar-refractivity contribution in [2.45, 2.75) is 40.8 Å². The van der Waals surface area contributed by atoms with Gasteiger partial charge in [-0.2, -0.15) is 0 Å².